The van der Waals surface area contributed by atoms with Crippen molar-refractivity contribution >= 4 is 40.1 Å². The fraction of sp³-hybridized carbons (Fsp3) is 0.174. The second kappa shape index (κ2) is 8.94. The molecule has 0 unspecified atom stereocenters. The van der Waals surface area contributed by atoms with E-state index in [9.17, 15) is 14.4 Å². The normalized spacial score (nSPS) is 13.6. The van der Waals surface area contributed by atoms with Crippen molar-refractivity contribution in [3.05, 3.63) is 71.6 Å². The number of methoxy groups -OCH3 is 1. The van der Waals surface area contributed by atoms with Crippen LogP contribution in [0, 0.1) is 0 Å². The van der Waals surface area contributed by atoms with Crippen LogP contribution in [0.1, 0.15) is 10.6 Å². The number of aliphatic hydroxyl groups is 1. The zero-order valence-electron chi connectivity index (χ0n) is 17.3. The fourth-order valence-corrected chi connectivity index (χ4v) is 3.45. The number of ether oxygens (including phenoxy) is 1. The minimum atomic E-state index is -0.629. The number of carbonyl (C=O) groups excluding carboxylic acids is 3. The lowest BCUT2D eigenvalue weighted by molar-refractivity contribution is -0.136. The van der Waals surface area contributed by atoms with E-state index in [-0.39, 0.29) is 36.7 Å². The number of anilines is 2. The smallest absolute Gasteiger partial charge is 0.337 e. The number of rotatable bonds is 7. The highest BCUT2D eigenvalue weighted by Gasteiger charge is 2.34. The summed E-state index contributed by atoms with van der Waals surface area (Å²) in [5.74, 6) is -1.29. The van der Waals surface area contributed by atoms with Crippen LogP contribution >= 0.6 is 0 Å². The van der Waals surface area contributed by atoms with E-state index in [1.54, 1.807) is 36.4 Å². The molecule has 9 heteroatoms. The van der Waals surface area contributed by atoms with Crippen molar-refractivity contribution in [2.45, 2.75) is 0 Å². The summed E-state index contributed by atoms with van der Waals surface area (Å²) >= 11 is 0. The number of aliphatic hydroxyl groups excluding tert-OH is 1. The Morgan fingerprint density at radius 1 is 1.12 bits per heavy atom. The van der Waals surface area contributed by atoms with Crippen molar-refractivity contribution < 1.29 is 28.6 Å². The van der Waals surface area contributed by atoms with E-state index in [0.717, 1.165) is 5.39 Å². The van der Waals surface area contributed by atoms with Crippen LogP contribution in [-0.2, 0) is 14.3 Å². The quantitative estimate of drug-likeness (QED) is 0.487. The van der Waals surface area contributed by atoms with E-state index < -0.39 is 17.8 Å². The Balaban J connectivity index is 1.53. The maximum Gasteiger partial charge on any atom is 0.337 e. The summed E-state index contributed by atoms with van der Waals surface area (Å²) in [4.78, 5) is 38.7. The maximum absolute atomic E-state index is 12.7. The van der Waals surface area contributed by atoms with E-state index in [2.05, 4.69) is 10.6 Å². The zero-order chi connectivity index (χ0) is 22.7. The number of carbonyl (C=O) groups is 3. The van der Waals surface area contributed by atoms with Crippen LogP contribution in [0.15, 0.2) is 70.3 Å². The average molecular weight is 435 g/mol. The standard InChI is InChI=1S/C23H21N3O6/c1-31-23(30)17-13-26(9-10-27)22(29)20(17)24-15-6-4-7-16(12-15)25-21(28)19-11-14-5-2-3-8-18(14)32-19/h2-8,11-12,24,27H,9-10,13H2,1H3,(H,25,28). The van der Waals surface area contributed by atoms with Gasteiger partial charge in [0.25, 0.3) is 11.8 Å². The molecule has 0 fully saturated rings. The Morgan fingerprint density at radius 2 is 1.91 bits per heavy atom. The van der Waals surface area contributed by atoms with Gasteiger partial charge in [-0.15, -0.1) is 0 Å². The van der Waals surface area contributed by atoms with Crippen molar-refractivity contribution in [3.8, 4) is 0 Å². The van der Waals surface area contributed by atoms with Crippen molar-refractivity contribution in [1.82, 2.24) is 4.90 Å². The number of furan rings is 1. The van der Waals surface area contributed by atoms with Crippen molar-refractivity contribution in [2.75, 3.05) is 37.4 Å². The van der Waals surface area contributed by atoms with Crippen LogP contribution < -0.4 is 10.6 Å². The molecule has 2 heterocycles. The van der Waals surface area contributed by atoms with Crippen LogP contribution in [-0.4, -0.2) is 54.6 Å². The van der Waals surface area contributed by atoms with Gasteiger partial charge in [-0.05, 0) is 30.3 Å². The van der Waals surface area contributed by atoms with Crippen molar-refractivity contribution in [2.24, 2.45) is 0 Å². The first-order valence-electron chi connectivity index (χ1n) is 9.88. The molecule has 3 N–H and O–H groups in total. The Kier molecular flexibility index (Phi) is 5.91. The molecule has 0 radical (unpaired) electrons. The van der Waals surface area contributed by atoms with Gasteiger partial charge in [0.15, 0.2) is 5.76 Å². The third-order valence-corrected chi connectivity index (χ3v) is 4.99. The van der Waals surface area contributed by atoms with Crippen LogP contribution in [0.4, 0.5) is 11.4 Å². The molecule has 9 nitrogen and oxygen atoms in total. The third kappa shape index (κ3) is 4.19. The second-order valence-electron chi connectivity index (χ2n) is 7.10. The van der Waals surface area contributed by atoms with Gasteiger partial charge in [-0.1, -0.05) is 24.3 Å². The third-order valence-electron chi connectivity index (χ3n) is 4.99. The fourth-order valence-electron chi connectivity index (χ4n) is 3.45. The van der Waals surface area contributed by atoms with Crippen LogP contribution in [0.2, 0.25) is 0 Å². The highest BCUT2D eigenvalue weighted by molar-refractivity contribution is 6.09. The number of nitrogens with zero attached hydrogens (tertiary/aromatic N) is 1. The number of esters is 1. The topological polar surface area (TPSA) is 121 Å². The summed E-state index contributed by atoms with van der Waals surface area (Å²) in [5.41, 5.74) is 1.82. The molecular weight excluding hydrogens is 414 g/mol. The molecule has 164 valence electrons. The van der Waals surface area contributed by atoms with Gasteiger partial charge in [0, 0.05) is 23.3 Å². The first-order chi connectivity index (χ1) is 15.5. The Bertz CT molecular complexity index is 1200. The Morgan fingerprint density at radius 3 is 2.66 bits per heavy atom. The molecule has 0 saturated heterocycles. The number of para-hydroxylation sites is 1. The van der Waals surface area contributed by atoms with Crippen molar-refractivity contribution in [3.63, 3.8) is 0 Å². The molecule has 0 bridgehead atoms. The molecule has 1 aliphatic heterocycles. The SMILES string of the molecule is COC(=O)C1=C(Nc2cccc(NC(=O)c3cc4ccccc4o3)c2)C(=O)N(CCO)C1. The number of fused-ring (bicyclic) bond motifs is 1. The molecular formula is C23H21N3O6. The summed E-state index contributed by atoms with van der Waals surface area (Å²) in [6.45, 7) is -0.0915. The molecule has 1 aromatic heterocycles. The molecule has 4 rings (SSSR count). The number of β-amino-alcohol motifs (C(OH)–C–C–N with tert-alkyl or cyclic N) is 1. The van der Waals surface area contributed by atoms with Gasteiger partial charge in [-0.25, -0.2) is 4.79 Å². The predicted molar refractivity (Wildman–Crippen MR) is 117 cm³/mol. The first kappa shape index (κ1) is 21.1. The molecule has 1 aliphatic rings. The number of amides is 2. The van der Waals surface area contributed by atoms with E-state index in [0.29, 0.717) is 17.0 Å². The molecule has 0 aliphatic carbocycles. The molecule has 32 heavy (non-hydrogen) atoms. The summed E-state index contributed by atoms with van der Waals surface area (Å²) < 4.78 is 10.4. The largest absolute Gasteiger partial charge is 0.466 e. The number of nitrogens with one attached hydrogen (secondary N) is 2. The molecule has 0 spiro atoms. The lowest BCUT2D eigenvalue weighted by Gasteiger charge is -2.15. The van der Waals surface area contributed by atoms with Gasteiger partial charge < -0.3 is 29.8 Å². The first-order valence-corrected chi connectivity index (χ1v) is 9.88. The molecule has 2 amide bonds. The minimum absolute atomic E-state index is 0.0386. The Labute approximate surface area is 183 Å². The van der Waals surface area contributed by atoms with E-state index in [1.165, 1.54) is 12.0 Å². The molecule has 0 atom stereocenters. The van der Waals surface area contributed by atoms with E-state index in [1.807, 2.05) is 18.2 Å². The van der Waals surface area contributed by atoms with Gasteiger partial charge >= 0.3 is 5.97 Å². The van der Waals surface area contributed by atoms with Gasteiger partial charge in [0.05, 0.1) is 25.8 Å². The summed E-state index contributed by atoms with van der Waals surface area (Å²) in [6.07, 6.45) is 0. The highest BCUT2D eigenvalue weighted by atomic mass is 16.5. The lowest BCUT2D eigenvalue weighted by Crippen LogP contribution is -2.31. The number of benzene rings is 2. The predicted octanol–water partition coefficient (Wildman–Crippen LogP) is 2.36. The molecule has 2 aromatic carbocycles. The average Bonchev–Trinajstić information content (AvgIpc) is 3.36. The maximum atomic E-state index is 12.7. The van der Waals surface area contributed by atoms with Gasteiger partial charge in [-0.2, -0.15) is 0 Å². The van der Waals surface area contributed by atoms with Crippen LogP contribution in [0.25, 0.3) is 11.0 Å². The summed E-state index contributed by atoms with van der Waals surface area (Å²) in [5, 5.41) is 15.7. The molecule has 3 aromatic rings. The van der Waals surface area contributed by atoms with Gasteiger partial charge in [-0.3, -0.25) is 9.59 Å². The van der Waals surface area contributed by atoms with Gasteiger partial charge in [0.2, 0.25) is 0 Å². The highest BCUT2D eigenvalue weighted by Crippen LogP contribution is 2.25. The van der Waals surface area contributed by atoms with Crippen molar-refractivity contribution in [1.29, 1.82) is 0 Å². The van der Waals surface area contributed by atoms with E-state index >= 15 is 0 Å². The minimum Gasteiger partial charge on any atom is -0.466 e. The van der Waals surface area contributed by atoms with Crippen LogP contribution in [0.5, 0.6) is 0 Å². The van der Waals surface area contributed by atoms with E-state index in [4.69, 9.17) is 14.3 Å². The van der Waals surface area contributed by atoms with Gasteiger partial charge in [0.1, 0.15) is 11.3 Å². The number of hydrogen-bond acceptors (Lipinski definition) is 7. The zero-order valence-corrected chi connectivity index (χ0v) is 17.3. The monoisotopic (exact) mass is 435 g/mol. The van der Waals surface area contributed by atoms with Crippen LogP contribution in [0.3, 0.4) is 0 Å². The summed E-state index contributed by atoms with van der Waals surface area (Å²) in [7, 11) is 1.24. The summed E-state index contributed by atoms with van der Waals surface area (Å²) in [6, 6.07) is 15.7. The molecule has 0 saturated carbocycles. The Hall–Kier alpha value is -4.11. The number of hydrogen-bond donors (Lipinski definition) is 3. The second-order valence-corrected chi connectivity index (χ2v) is 7.10. The lowest BCUT2D eigenvalue weighted by atomic mass is 10.2.